The molecule has 1 saturated carbocycles. The third-order valence-corrected chi connectivity index (χ3v) is 7.58. The first kappa shape index (κ1) is 21.3. The van der Waals surface area contributed by atoms with E-state index in [-0.39, 0.29) is 23.3 Å². The Balaban J connectivity index is 1.68. The van der Waals surface area contributed by atoms with E-state index in [0.29, 0.717) is 5.00 Å². The fourth-order valence-electron chi connectivity index (χ4n) is 5.01. The number of hydrogen-bond donors (Lipinski definition) is 3. The van der Waals surface area contributed by atoms with Gasteiger partial charge in [0.1, 0.15) is 5.00 Å². The van der Waals surface area contributed by atoms with Crippen LogP contribution in [0.3, 0.4) is 0 Å². The molecule has 2 aromatic rings. The molecule has 1 aromatic carbocycles. The molecule has 7 heteroatoms. The molecule has 3 aliphatic rings. The van der Waals surface area contributed by atoms with E-state index < -0.39 is 23.7 Å². The summed E-state index contributed by atoms with van der Waals surface area (Å²) in [5.74, 6) is -3.57. The molecular weight excluding hydrogens is 412 g/mol. The van der Waals surface area contributed by atoms with Gasteiger partial charge in [-0.2, -0.15) is 0 Å². The van der Waals surface area contributed by atoms with Crippen molar-refractivity contribution in [2.24, 2.45) is 29.4 Å². The molecule has 0 spiro atoms. The van der Waals surface area contributed by atoms with Crippen molar-refractivity contribution in [1.29, 1.82) is 0 Å². The van der Waals surface area contributed by atoms with Gasteiger partial charge >= 0.3 is 5.97 Å². The molecule has 1 heterocycles. The molecule has 0 saturated heterocycles. The largest absolute Gasteiger partial charge is 0.481 e. The SMILES string of the molecule is CCc1ccc(-c2c(C)sc(NC(=O)[C@H]3[C@H](C(=O)O)[C@H]4C=C[C@H]3CC4)c2C(N)=O)cc1. The smallest absolute Gasteiger partial charge is 0.307 e. The monoisotopic (exact) mass is 438 g/mol. The van der Waals surface area contributed by atoms with Crippen LogP contribution in [0.15, 0.2) is 36.4 Å². The number of primary amides is 1. The Kier molecular flexibility index (Phi) is 5.71. The summed E-state index contributed by atoms with van der Waals surface area (Å²) >= 11 is 1.30. The summed E-state index contributed by atoms with van der Waals surface area (Å²) in [6.45, 7) is 3.96. The number of rotatable bonds is 6. The fourth-order valence-corrected chi connectivity index (χ4v) is 6.09. The summed E-state index contributed by atoms with van der Waals surface area (Å²) in [6.07, 6.45) is 6.39. The maximum Gasteiger partial charge on any atom is 0.307 e. The molecule has 162 valence electrons. The number of allylic oxidation sites excluding steroid dienone is 2. The number of nitrogens with two attached hydrogens (primary N) is 1. The van der Waals surface area contributed by atoms with Crippen LogP contribution < -0.4 is 11.1 Å². The minimum Gasteiger partial charge on any atom is -0.481 e. The number of anilines is 1. The van der Waals surface area contributed by atoms with Crippen molar-refractivity contribution in [3.8, 4) is 11.1 Å². The van der Waals surface area contributed by atoms with Gasteiger partial charge in [-0.25, -0.2) is 0 Å². The minimum absolute atomic E-state index is 0.106. The molecule has 2 bridgehead atoms. The first-order chi connectivity index (χ1) is 14.8. The highest BCUT2D eigenvalue weighted by atomic mass is 32.1. The Hall–Kier alpha value is -2.93. The summed E-state index contributed by atoms with van der Waals surface area (Å²) < 4.78 is 0. The molecule has 6 nitrogen and oxygen atoms in total. The Morgan fingerprint density at radius 2 is 1.71 bits per heavy atom. The zero-order chi connectivity index (χ0) is 22.3. The van der Waals surface area contributed by atoms with Crippen LogP contribution in [0.1, 0.15) is 40.6 Å². The van der Waals surface area contributed by atoms with Crippen molar-refractivity contribution in [3.63, 3.8) is 0 Å². The molecule has 0 aliphatic heterocycles. The second-order valence-electron chi connectivity index (χ2n) is 8.32. The van der Waals surface area contributed by atoms with Gasteiger partial charge in [0.2, 0.25) is 5.91 Å². The summed E-state index contributed by atoms with van der Waals surface area (Å²) in [7, 11) is 0. The number of hydrogen-bond acceptors (Lipinski definition) is 4. The van der Waals surface area contributed by atoms with Gasteiger partial charge in [0, 0.05) is 10.4 Å². The molecule has 0 radical (unpaired) electrons. The molecule has 3 aliphatic carbocycles. The first-order valence-corrected chi connectivity index (χ1v) is 11.4. The van der Waals surface area contributed by atoms with E-state index in [9.17, 15) is 19.5 Å². The van der Waals surface area contributed by atoms with Gasteiger partial charge in [0.05, 0.1) is 17.4 Å². The van der Waals surface area contributed by atoms with Crippen LogP contribution in [0, 0.1) is 30.6 Å². The predicted octanol–water partition coefficient (Wildman–Crippen LogP) is 4.24. The number of carbonyl (C=O) groups excluding carboxylic acids is 2. The Morgan fingerprint density at radius 1 is 1.10 bits per heavy atom. The first-order valence-electron chi connectivity index (χ1n) is 10.6. The zero-order valence-corrected chi connectivity index (χ0v) is 18.4. The predicted molar refractivity (Wildman–Crippen MR) is 121 cm³/mol. The van der Waals surface area contributed by atoms with Crippen molar-refractivity contribution >= 4 is 34.1 Å². The molecular formula is C24H26N2O4S. The maximum absolute atomic E-state index is 13.2. The quantitative estimate of drug-likeness (QED) is 0.586. The van der Waals surface area contributed by atoms with Gasteiger partial charge in [0.25, 0.3) is 5.91 Å². The van der Waals surface area contributed by atoms with E-state index in [1.54, 1.807) is 0 Å². The number of benzene rings is 1. The van der Waals surface area contributed by atoms with Crippen LogP contribution in [-0.2, 0) is 16.0 Å². The van der Waals surface area contributed by atoms with Gasteiger partial charge in [0.15, 0.2) is 0 Å². The lowest BCUT2D eigenvalue weighted by Crippen LogP contribution is -2.47. The van der Waals surface area contributed by atoms with Crippen LogP contribution in [0.5, 0.6) is 0 Å². The van der Waals surface area contributed by atoms with E-state index in [1.807, 2.05) is 43.3 Å². The maximum atomic E-state index is 13.2. The van der Waals surface area contributed by atoms with Crippen LogP contribution in [0.4, 0.5) is 5.00 Å². The molecule has 2 amide bonds. The molecule has 4 atom stereocenters. The second kappa shape index (κ2) is 8.30. The Morgan fingerprint density at radius 3 is 2.23 bits per heavy atom. The number of carbonyl (C=O) groups is 3. The van der Waals surface area contributed by atoms with Crippen molar-refractivity contribution in [1.82, 2.24) is 0 Å². The summed E-state index contributed by atoms with van der Waals surface area (Å²) in [4.78, 5) is 38.4. The van der Waals surface area contributed by atoms with E-state index in [4.69, 9.17) is 5.73 Å². The molecule has 31 heavy (non-hydrogen) atoms. The number of amides is 2. The van der Waals surface area contributed by atoms with E-state index in [0.717, 1.165) is 35.3 Å². The average molecular weight is 439 g/mol. The molecule has 1 fully saturated rings. The van der Waals surface area contributed by atoms with Crippen molar-refractivity contribution in [2.45, 2.75) is 33.1 Å². The highest BCUT2D eigenvalue weighted by Crippen LogP contribution is 2.46. The number of thiophene rings is 1. The lowest BCUT2D eigenvalue weighted by Gasteiger charge is -2.41. The number of fused-ring (bicyclic) bond motifs is 2. The lowest BCUT2D eigenvalue weighted by atomic mass is 9.62. The Labute approximate surface area is 185 Å². The molecule has 4 N–H and O–H groups in total. The number of nitrogens with one attached hydrogen (secondary N) is 1. The van der Waals surface area contributed by atoms with Gasteiger partial charge in [-0.15, -0.1) is 11.3 Å². The van der Waals surface area contributed by atoms with Crippen LogP contribution >= 0.6 is 11.3 Å². The van der Waals surface area contributed by atoms with Crippen LogP contribution in [-0.4, -0.2) is 22.9 Å². The third-order valence-electron chi connectivity index (χ3n) is 6.55. The Bertz CT molecular complexity index is 1070. The summed E-state index contributed by atoms with van der Waals surface area (Å²) in [5, 5.41) is 13.0. The third kappa shape index (κ3) is 3.78. The average Bonchev–Trinajstić information content (AvgIpc) is 3.09. The number of aryl methyl sites for hydroxylation is 2. The minimum atomic E-state index is -0.951. The highest BCUT2D eigenvalue weighted by molar-refractivity contribution is 7.17. The van der Waals surface area contributed by atoms with Crippen molar-refractivity contribution in [2.75, 3.05) is 5.32 Å². The van der Waals surface area contributed by atoms with Gasteiger partial charge < -0.3 is 16.2 Å². The van der Waals surface area contributed by atoms with Crippen LogP contribution in [0.2, 0.25) is 0 Å². The van der Waals surface area contributed by atoms with Gasteiger partial charge in [-0.1, -0.05) is 43.3 Å². The van der Waals surface area contributed by atoms with Gasteiger partial charge in [-0.3, -0.25) is 14.4 Å². The number of carboxylic acid groups (broad SMARTS) is 1. The molecule has 1 aromatic heterocycles. The molecule has 5 rings (SSSR count). The normalized spacial score (nSPS) is 24.2. The van der Waals surface area contributed by atoms with E-state index in [1.165, 1.54) is 16.9 Å². The van der Waals surface area contributed by atoms with Crippen molar-refractivity contribution < 1.29 is 19.5 Å². The second-order valence-corrected chi connectivity index (χ2v) is 9.55. The molecule has 0 unspecified atom stereocenters. The van der Waals surface area contributed by atoms with E-state index >= 15 is 0 Å². The summed E-state index contributed by atoms with van der Waals surface area (Å²) in [5.41, 5.74) is 8.77. The zero-order valence-electron chi connectivity index (χ0n) is 17.6. The number of carboxylic acids is 1. The number of aliphatic carboxylic acids is 1. The fraction of sp³-hybridized carbons (Fsp3) is 0.375. The topological polar surface area (TPSA) is 109 Å². The van der Waals surface area contributed by atoms with Crippen molar-refractivity contribution in [3.05, 3.63) is 52.4 Å². The standard InChI is InChI=1S/C24H26N2O4S/c1-3-13-4-6-14(7-5-13)17-12(2)31-23(20(17)21(25)27)26-22(28)18-15-8-10-16(11-9-15)19(18)24(29)30/h4-8,10,15-16,18-19H,3,9,11H2,1-2H3,(H2,25,27)(H,26,28)(H,29,30)/t15-,16-,18+,19+/m0/s1. The summed E-state index contributed by atoms with van der Waals surface area (Å²) in [6, 6.07) is 7.94. The highest BCUT2D eigenvalue weighted by Gasteiger charge is 2.48. The van der Waals surface area contributed by atoms with Gasteiger partial charge in [-0.05, 0) is 49.1 Å². The van der Waals surface area contributed by atoms with Crippen LogP contribution in [0.25, 0.3) is 11.1 Å². The van der Waals surface area contributed by atoms with E-state index in [2.05, 4.69) is 12.2 Å². The lowest BCUT2D eigenvalue weighted by molar-refractivity contribution is -0.151.